The van der Waals surface area contributed by atoms with Gasteiger partial charge in [-0.2, -0.15) is 13.2 Å². The first-order valence-electron chi connectivity index (χ1n) is 9.48. The molecule has 5 nitrogen and oxygen atoms in total. The summed E-state index contributed by atoms with van der Waals surface area (Å²) in [4.78, 5) is 26.9. The van der Waals surface area contributed by atoms with Crippen molar-refractivity contribution >= 4 is 28.3 Å². The number of nitrogens with one attached hydrogen (secondary N) is 1. The summed E-state index contributed by atoms with van der Waals surface area (Å²) < 4.78 is 38.7. The number of carbonyl (C=O) groups is 1. The Morgan fingerprint density at radius 3 is 2.79 bits per heavy atom. The number of piperidine rings is 1. The van der Waals surface area contributed by atoms with Crippen LogP contribution in [0.15, 0.2) is 18.2 Å². The maximum Gasteiger partial charge on any atom is 0.433 e. The second-order valence-electron chi connectivity index (χ2n) is 7.45. The van der Waals surface area contributed by atoms with Crippen molar-refractivity contribution in [3.8, 4) is 0 Å². The lowest BCUT2D eigenvalue weighted by atomic mass is 9.94. The summed E-state index contributed by atoms with van der Waals surface area (Å²) in [6.45, 7) is 5.09. The van der Waals surface area contributed by atoms with E-state index in [4.69, 9.17) is 0 Å². The Labute approximate surface area is 170 Å². The molecule has 1 aliphatic heterocycles. The zero-order valence-corrected chi connectivity index (χ0v) is 17.0. The highest BCUT2D eigenvalue weighted by molar-refractivity contribution is 7.11. The predicted octanol–water partition coefficient (Wildman–Crippen LogP) is 4.60. The van der Waals surface area contributed by atoms with Crippen LogP contribution in [-0.2, 0) is 17.4 Å². The Kier molecular flexibility index (Phi) is 5.10. The van der Waals surface area contributed by atoms with E-state index in [0.29, 0.717) is 30.5 Å². The van der Waals surface area contributed by atoms with Crippen molar-refractivity contribution in [2.24, 2.45) is 0 Å². The standard InChI is InChI=1S/C20H21F3N4OS/c1-11-17(29-12(2)24-11)9-19(28)27-7-3-4-13(10-27)15-8-16-14(25-15)5-6-18(26-16)20(21,22)23/h5-6,8,13,25H,3-4,7,9-10H2,1-2H3/t13-/m0/s1. The normalized spacial score (nSPS) is 17.8. The molecule has 29 heavy (non-hydrogen) atoms. The number of aryl methyl sites for hydroxylation is 2. The minimum Gasteiger partial charge on any atom is -0.357 e. The van der Waals surface area contributed by atoms with Gasteiger partial charge >= 0.3 is 6.18 Å². The molecule has 1 atom stereocenters. The lowest BCUT2D eigenvalue weighted by Gasteiger charge is -2.32. The molecule has 0 radical (unpaired) electrons. The number of thiazole rings is 1. The fourth-order valence-corrected chi connectivity index (χ4v) is 4.78. The molecule has 1 N–H and O–H groups in total. The number of likely N-dealkylation sites (tertiary alicyclic amines) is 1. The molecular weight excluding hydrogens is 401 g/mol. The summed E-state index contributed by atoms with van der Waals surface area (Å²) in [6.07, 6.45) is -2.39. The fourth-order valence-electron chi connectivity index (χ4n) is 3.85. The van der Waals surface area contributed by atoms with Crippen LogP contribution in [0.1, 0.15) is 45.7 Å². The first kappa shape index (κ1) is 19.9. The van der Waals surface area contributed by atoms with Crippen molar-refractivity contribution in [3.63, 3.8) is 0 Å². The monoisotopic (exact) mass is 422 g/mol. The molecule has 0 aliphatic carbocycles. The Bertz CT molecular complexity index is 1060. The van der Waals surface area contributed by atoms with E-state index in [1.807, 2.05) is 18.7 Å². The number of hydrogen-bond donors (Lipinski definition) is 1. The highest BCUT2D eigenvalue weighted by atomic mass is 32.1. The Morgan fingerprint density at radius 2 is 2.10 bits per heavy atom. The molecule has 9 heteroatoms. The highest BCUT2D eigenvalue weighted by Gasteiger charge is 2.33. The molecule has 0 spiro atoms. The minimum atomic E-state index is -4.47. The molecular formula is C20H21F3N4OS. The van der Waals surface area contributed by atoms with Gasteiger partial charge in [0.1, 0.15) is 5.69 Å². The van der Waals surface area contributed by atoms with E-state index in [1.165, 1.54) is 6.07 Å². The summed E-state index contributed by atoms with van der Waals surface area (Å²) in [6, 6.07) is 4.08. The molecule has 0 bridgehead atoms. The largest absolute Gasteiger partial charge is 0.433 e. The maximum absolute atomic E-state index is 12.9. The zero-order valence-electron chi connectivity index (χ0n) is 16.1. The number of rotatable bonds is 3. The van der Waals surface area contributed by atoms with Gasteiger partial charge in [-0.3, -0.25) is 4.79 Å². The van der Waals surface area contributed by atoms with E-state index < -0.39 is 11.9 Å². The van der Waals surface area contributed by atoms with Crippen molar-refractivity contribution in [1.29, 1.82) is 0 Å². The topological polar surface area (TPSA) is 61.9 Å². The van der Waals surface area contributed by atoms with Crippen LogP contribution in [0.3, 0.4) is 0 Å². The van der Waals surface area contributed by atoms with Gasteiger partial charge in [0.2, 0.25) is 5.91 Å². The van der Waals surface area contributed by atoms with Gasteiger partial charge in [-0.25, -0.2) is 9.97 Å². The van der Waals surface area contributed by atoms with E-state index in [9.17, 15) is 18.0 Å². The van der Waals surface area contributed by atoms with Gasteiger partial charge < -0.3 is 9.88 Å². The SMILES string of the molecule is Cc1nc(C)c(CC(=O)N2CCC[C@H](c3cc4nc(C(F)(F)F)ccc4[nH]3)C2)s1. The van der Waals surface area contributed by atoms with Gasteiger partial charge in [0.05, 0.1) is 28.2 Å². The van der Waals surface area contributed by atoms with Crippen molar-refractivity contribution < 1.29 is 18.0 Å². The van der Waals surface area contributed by atoms with E-state index in [1.54, 1.807) is 17.4 Å². The summed E-state index contributed by atoms with van der Waals surface area (Å²) in [5, 5.41) is 0.950. The number of aromatic nitrogens is 3. The number of carbonyl (C=O) groups excluding carboxylic acids is 1. The number of hydrogen-bond acceptors (Lipinski definition) is 4. The lowest BCUT2D eigenvalue weighted by molar-refractivity contribution is -0.141. The van der Waals surface area contributed by atoms with Crippen LogP contribution in [0.5, 0.6) is 0 Å². The number of aromatic amines is 1. The third-order valence-electron chi connectivity index (χ3n) is 5.31. The summed E-state index contributed by atoms with van der Waals surface area (Å²) in [5.74, 6) is 0.121. The van der Waals surface area contributed by atoms with Gasteiger partial charge in [0, 0.05) is 29.6 Å². The van der Waals surface area contributed by atoms with Crippen molar-refractivity contribution in [2.75, 3.05) is 13.1 Å². The van der Waals surface area contributed by atoms with Gasteiger partial charge in [-0.05, 0) is 44.9 Å². The summed E-state index contributed by atoms with van der Waals surface area (Å²) in [5.41, 5.74) is 1.71. The van der Waals surface area contributed by atoms with E-state index in [0.717, 1.165) is 40.2 Å². The second-order valence-corrected chi connectivity index (χ2v) is 8.74. The van der Waals surface area contributed by atoms with Crippen LogP contribution >= 0.6 is 11.3 Å². The number of pyridine rings is 1. The van der Waals surface area contributed by atoms with Crippen LogP contribution in [0, 0.1) is 13.8 Å². The molecule has 154 valence electrons. The third kappa shape index (κ3) is 4.14. The van der Waals surface area contributed by atoms with Crippen LogP contribution in [0.4, 0.5) is 13.2 Å². The van der Waals surface area contributed by atoms with Crippen LogP contribution in [-0.4, -0.2) is 38.8 Å². The second kappa shape index (κ2) is 7.44. The quantitative estimate of drug-likeness (QED) is 0.671. The molecule has 0 aromatic carbocycles. The summed E-state index contributed by atoms with van der Waals surface area (Å²) in [7, 11) is 0. The Hall–Kier alpha value is -2.42. The average Bonchev–Trinajstić information content (AvgIpc) is 3.23. The highest BCUT2D eigenvalue weighted by Crippen LogP contribution is 2.32. The van der Waals surface area contributed by atoms with Gasteiger partial charge in [0.25, 0.3) is 0 Å². The molecule has 4 rings (SSSR count). The van der Waals surface area contributed by atoms with E-state index in [2.05, 4.69) is 15.0 Å². The molecule has 1 aliphatic rings. The third-order valence-corrected chi connectivity index (χ3v) is 6.38. The number of halogens is 3. The zero-order chi connectivity index (χ0) is 20.8. The van der Waals surface area contributed by atoms with Crippen molar-refractivity contribution in [1.82, 2.24) is 19.9 Å². The van der Waals surface area contributed by atoms with Gasteiger partial charge in [-0.15, -0.1) is 11.3 Å². The molecule has 3 aromatic rings. The first-order valence-corrected chi connectivity index (χ1v) is 10.3. The van der Waals surface area contributed by atoms with E-state index >= 15 is 0 Å². The van der Waals surface area contributed by atoms with Crippen molar-refractivity contribution in [3.05, 3.63) is 45.2 Å². The average molecular weight is 422 g/mol. The lowest BCUT2D eigenvalue weighted by Crippen LogP contribution is -2.40. The fraction of sp³-hybridized carbons (Fsp3) is 0.450. The number of nitrogens with zero attached hydrogens (tertiary/aromatic N) is 3. The van der Waals surface area contributed by atoms with Gasteiger partial charge in [-0.1, -0.05) is 0 Å². The van der Waals surface area contributed by atoms with Crippen LogP contribution < -0.4 is 0 Å². The molecule has 0 unspecified atom stereocenters. The smallest absolute Gasteiger partial charge is 0.357 e. The molecule has 4 heterocycles. The minimum absolute atomic E-state index is 0.0560. The molecule has 0 saturated carbocycles. The van der Waals surface area contributed by atoms with Crippen LogP contribution in [0.25, 0.3) is 11.0 Å². The first-order chi connectivity index (χ1) is 13.7. The number of H-pyrrole nitrogens is 1. The van der Waals surface area contributed by atoms with Gasteiger partial charge in [0.15, 0.2) is 0 Å². The molecule has 1 amide bonds. The number of alkyl halides is 3. The Balaban J connectivity index is 1.50. The molecule has 1 fully saturated rings. The summed E-state index contributed by atoms with van der Waals surface area (Å²) >= 11 is 1.55. The number of amides is 1. The maximum atomic E-state index is 12.9. The molecule has 3 aromatic heterocycles. The molecule has 1 saturated heterocycles. The predicted molar refractivity (Wildman–Crippen MR) is 105 cm³/mol. The Morgan fingerprint density at radius 1 is 1.31 bits per heavy atom. The van der Waals surface area contributed by atoms with Crippen LogP contribution in [0.2, 0.25) is 0 Å². The number of fused-ring (bicyclic) bond motifs is 1. The van der Waals surface area contributed by atoms with Crippen molar-refractivity contribution in [2.45, 2.75) is 45.2 Å². The van der Waals surface area contributed by atoms with E-state index in [-0.39, 0.29) is 11.8 Å².